The summed E-state index contributed by atoms with van der Waals surface area (Å²) in [6, 6.07) is 22.5. The molecule has 3 aromatic carbocycles. The van der Waals surface area contributed by atoms with Gasteiger partial charge in [0.1, 0.15) is 0 Å². The Morgan fingerprint density at radius 1 is 0.742 bits per heavy atom. The number of hydrogen-bond donors (Lipinski definition) is 0. The first-order valence-electron chi connectivity index (χ1n) is 12.6. The second-order valence-electron chi connectivity index (χ2n) is 10.1. The fourth-order valence-corrected chi connectivity index (χ4v) is 6.43. The van der Waals surface area contributed by atoms with Crippen LogP contribution in [0.1, 0.15) is 82.3 Å². The van der Waals surface area contributed by atoms with Crippen LogP contribution in [-0.4, -0.2) is 0 Å². The third-order valence-electron chi connectivity index (χ3n) is 7.84. The first-order valence-corrected chi connectivity index (χ1v) is 12.6. The van der Waals surface area contributed by atoms with E-state index in [1.165, 1.54) is 97.2 Å². The Hall–Kier alpha value is -2.34. The van der Waals surface area contributed by atoms with Crippen LogP contribution in [0.3, 0.4) is 0 Å². The van der Waals surface area contributed by atoms with Gasteiger partial charge in [-0.05, 0) is 70.5 Å². The molecule has 0 bridgehead atoms. The maximum Gasteiger partial charge on any atom is -0.00574 e. The molecular formula is C31H36. The van der Waals surface area contributed by atoms with E-state index in [4.69, 9.17) is 0 Å². The van der Waals surface area contributed by atoms with Crippen molar-refractivity contribution in [2.24, 2.45) is 5.41 Å². The van der Waals surface area contributed by atoms with Crippen LogP contribution in [0.15, 0.2) is 66.2 Å². The summed E-state index contributed by atoms with van der Waals surface area (Å²) in [7, 11) is 0. The predicted molar refractivity (Wildman–Crippen MR) is 135 cm³/mol. The molecular weight excluding hydrogens is 372 g/mol. The van der Waals surface area contributed by atoms with E-state index in [0.717, 1.165) is 6.42 Å². The smallest absolute Gasteiger partial charge is 0.00574 e. The SMILES string of the molecule is CCCC1(CC2=Cc3c(cccc3-c3cccc4ccccc34)C2)CCCCCCC1. The number of rotatable bonds is 5. The lowest BCUT2D eigenvalue weighted by Gasteiger charge is -2.36. The van der Waals surface area contributed by atoms with E-state index in [0.29, 0.717) is 5.41 Å². The van der Waals surface area contributed by atoms with Crippen LogP contribution in [0.2, 0.25) is 0 Å². The molecule has 3 aromatic rings. The Balaban J connectivity index is 1.50. The van der Waals surface area contributed by atoms with E-state index in [1.807, 2.05) is 0 Å². The second-order valence-corrected chi connectivity index (χ2v) is 10.1. The lowest BCUT2D eigenvalue weighted by Crippen LogP contribution is -2.23. The van der Waals surface area contributed by atoms with Gasteiger partial charge in [0.15, 0.2) is 0 Å². The highest BCUT2D eigenvalue weighted by molar-refractivity contribution is 5.99. The fourth-order valence-electron chi connectivity index (χ4n) is 6.43. The van der Waals surface area contributed by atoms with Crippen LogP contribution in [0, 0.1) is 5.41 Å². The zero-order valence-corrected chi connectivity index (χ0v) is 19.1. The highest BCUT2D eigenvalue weighted by atomic mass is 14.4. The zero-order valence-electron chi connectivity index (χ0n) is 19.1. The van der Waals surface area contributed by atoms with Crippen molar-refractivity contribution in [3.8, 4) is 11.1 Å². The molecule has 0 nitrogen and oxygen atoms in total. The van der Waals surface area contributed by atoms with Gasteiger partial charge in [-0.15, -0.1) is 0 Å². The van der Waals surface area contributed by atoms with Crippen molar-refractivity contribution in [1.29, 1.82) is 0 Å². The molecule has 0 radical (unpaired) electrons. The van der Waals surface area contributed by atoms with Crippen LogP contribution < -0.4 is 0 Å². The van der Waals surface area contributed by atoms with E-state index in [1.54, 1.807) is 5.57 Å². The molecule has 5 rings (SSSR count). The highest BCUT2D eigenvalue weighted by Gasteiger charge is 2.31. The van der Waals surface area contributed by atoms with Crippen molar-refractivity contribution < 1.29 is 0 Å². The number of hydrogen-bond acceptors (Lipinski definition) is 0. The van der Waals surface area contributed by atoms with Crippen LogP contribution in [0.4, 0.5) is 0 Å². The molecule has 0 heterocycles. The molecule has 160 valence electrons. The lowest BCUT2D eigenvalue weighted by atomic mass is 9.69. The maximum atomic E-state index is 2.57. The zero-order chi connectivity index (χ0) is 21.1. The molecule has 0 amide bonds. The van der Waals surface area contributed by atoms with E-state index in [2.05, 4.69) is 73.7 Å². The molecule has 0 unspecified atom stereocenters. The van der Waals surface area contributed by atoms with Gasteiger partial charge in [-0.2, -0.15) is 0 Å². The Morgan fingerprint density at radius 3 is 2.29 bits per heavy atom. The summed E-state index contributed by atoms with van der Waals surface area (Å²) in [5, 5.41) is 2.69. The van der Waals surface area contributed by atoms with Gasteiger partial charge in [0.2, 0.25) is 0 Å². The third kappa shape index (κ3) is 4.22. The monoisotopic (exact) mass is 408 g/mol. The highest BCUT2D eigenvalue weighted by Crippen LogP contribution is 2.46. The van der Waals surface area contributed by atoms with E-state index >= 15 is 0 Å². The molecule has 2 aliphatic carbocycles. The summed E-state index contributed by atoms with van der Waals surface area (Å²) in [4.78, 5) is 0. The number of allylic oxidation sites excluding steroid dienone is 1. The summed E-state index contributed by atoms with van der Waals surface area (Å²) < 4.78 is 0. The van der Waals surface area contributed by atoms with Crippen molar-refractivity contribution in [3.05, 3.63) is 77.4 Å². The van der Waals surface area contributed by atoms with Gasteiger partial charge >= 0.3 is 0 Å². The Morgan fingerprint density at radius 2 is 1.45 bits per heavy atom. The molecule has 0 spiro atoms. The van der Waals surface area contributed by atoms with Crippen molar-refractivity contribution in [2.75, 3.05) is 0 Å². The van der Waals surface area contributed by atoms with E-state index in [9.17, 15) is 0 Å². The van der Waals surface area contributed by atoms with Gasteiger partial charge in [-0.3, -0.25) is 0 Å². The average Bonchev–Trinajstić information content (AvgIpc) is 3.18. The second kappa shape index (κ2) is 9.03. The number of fused-ring (bicyclic) bond motifs is 2. The van der Waals surface area contributed by atoms with Gasteiger partial charge in [0.05, 0.1) is 0 Å². The van der Waals surface area contributed by atoms with Crippen molar-refractivity contribution in [2.45, 2.75) is 77.6 Å². The quantitative estimate of drug-likeness (QED) is 0.394. The molecule has 0 N–H and O–H groups in total. The molecule has 0 aliphatic heterocycles. The van der Waals surface area contributed by atoms with Crippen LogP contribution in [0.5, 0.6) is 0 Å². The maximum absolute atomic E-state index is 2.57. The molecule has 1 fully saturated rings. The Labute approximate surface area is 188 Å². The first-order chi connectivity index (χ1) is 15.3. The summed E-state index contributed by atoms with van der Waals surface area (Å²) in [5.41, 5.74) is 8.01. The Bertz CT molecular complexity index is 1070. The minimum absolute atomic E-state index is 0.544. The normalized spacial score (nSPS) is 18.3. The summed E-state index contributed by atoms with van der Waals surface area (Å²) in [6.07, 6.45) is 17.8. The molecule has 0 aromatic heterocycles. The van der Waals surface area contributed by atoms with Crippen molar-refractivity contribution in [1.82, 2.24) is 0 Å². The molecule has 0 heteroatoms. The molecule has 0 atom stereocenters. The minimum atomic E-state index is 0.544. The van der Waals surface area contributed by atoms with Crippen LogP contribution >= 0.6 is 0 Å². The summed E-state index contributed by atoms with van der Waals surface area (Å²) in [6.45, 7) is 2.39. The molecule has 1 saturated carbocycles. The predicted octanol–water partition coefficient (Wildman–Crippen LogP) is 9.37. The van der Waals surface area contributed by atoms with Crippen LogP contribution in [-0.2, 0) is 6.42 Å². The lowest BCUT2D eigenvalue weighted by molar-refractivity contribution is 0.187. The third-order valence-corrected chi connectivity index (χ3v) is 7.84. The van der Waals surface area contributed by atoms with Gasteiger partial charge < -0.3 is 0 Å². The fraction of sp³-hybridized carbons (Fsp3) is 0.419. The molecule has 0 saturated heterocycles. The van der Waals surface area contributed by atoms with Gasteiger partial charge in [0, 0.05) is 0 Å². The first kappa shape index (κ1) is 20.6. The standard InChI is InChI=1S/C31H36/c1-2-18-31(19-8-4-3-5-9-20-31)23-24-21-26-14-11-17-29(30(26)22-24)28-16-10-13-25-12-6-7-15-27(25)28/h6-7,10-17,22H,2-5,8-9,18-21,23H2,1H3. The summed E-state index contributed by atoms with van der Waals surface area (Å²) in [5.74, 6) is 0. The minimum Gasteiger partial charge on any atom is -0.0654 e. The van der Waals surface area contributed by atoms with Gasteiger partial charge in [-0.25, -0.2) is 0 Å². The number of benzene rings is 3. The van der Waals surface area contributed by atoms with E-state index in [-0.39, 0.29) is 0 Å². The van der Waals surface area contributed by atoms with Crippen molar-refractivity contribution in [3.63, 3.8) is 0 Å². The average molecular weight is 409 g/mol. The largest absolute Gasteiger partial charge is 0.0654 e. The van der Waals surface area contributed by atoms with Gasteiger partial charge in [0.25, 0.3) is 0 Å². The summed E-state index contributed by atoms with van der Waals surface area (Å²) >= 11 is 0. The van der Waals surface area contributed by atoms with Gasteiger partial charge in [-0.1, -0.05) is 118 Å². The topological polar surface area (TPSA) is 0 Å². The molecule has 2 aliphatic rings. The Kier molecular flexibility index (Phi) is 5.99. The van der Waals surface area contributed by atoms with Crippen molar-refractivity contribution >= 4 is 16.8 Å². The molecule has 31 heavy (non-hydrogen) atoms. The van der Waals surface area contributed by atoms with Crippen LogP contribution in [0.25, 0.3) is 28.0 Å². The van der Waals surface area contributed by atoms with E-state index < -0.39 is 0 Å².